The quantitative estimate of drug-likeness (QED) is 0.0772. The van der Waals surface area contributed by atoms with Crippen molar-refractivity contribution >= 4 is 62.9 Å². The van der Waals surface area contributed by atoms with Gasteiger partial charge in [-0.05, 0) is 77.4 Å². The van der Waals surface area contributed by atoms with Gasteiger partial charge < -0.3 is 9.47 Å². The van der Waals surface area contributed by atoms with E-state index in [0.29, 0.717) is 32.5 Å². The Balaban J connectivity index is 1.46. The van der Waals surface area contributed by atoms with Gasteiger partial charge in [-0.2, -0.15) is 17.6 Å². The van der Waals surface area contributed by atoms with Crippen LogP contribution in [0.3, 0.4) is 0 Å². The number of benzene rings is 5. The smallest absolute Gasteiger partial charge is 0.387 e. The Bertz CT molecular complexity index is 1760. The molecule has 0 N–H and O–H groups in total. The van der Waals surface area contributed by atoms with E-state index in [-0.39, 0.29) is 17.4 Å². The summed E-state index contributed by atoms with van der Waals surface area (Å²) in [5.41, 5.74) is 4.27. The van der Waals surface area contributed by atoms with E-state index in [1.807, 2.05) is 36.4 Å². The molecule has 0 aliphatic rings. The van der Waals surface area contributed by atoms with Gasteiger partial charge in [-0.15, -0.1) is 0 Å². The number of halogens is 7. The van der Waals surface area contributed by atoms with Crippen molar-refractivity contribution in [2.24, 2.45) is 9.98 Å². The number of aliphatic imine (C=N–C) groups is 2. The van der Waals surface area contributed by atoms with Crippen molar-refractivity contribution < 1.29 is 27.0 Å². The molecule has 0 amide bonds. The van der Waals surface area contributed by atoms with Crippen LogP contribution in [-0.4, -0.2) is 25.7 Å². The van der Waals surface area contributed by atoms with E-state index in [1.54, 1.807) is 60.7 Å². The fourth-order valence-electron chi connectivity index (χ4n) is 4.71. The summed E-state index contributed by atoms with van der Waals surface area (Å²) in [5, 5.41) is 0.695. The molecule has 0 heterocycles. The maximum absolute atomic E-state index is 12.8. The molecule has 5 aromatic carbocycles. The highest BCUT2D eigenvalue weighted by Gasteiger charge is 2.20. The standard InChI is InChI=1S/C35H23BrCl2F4N2O2/c36-26-13-9-21(10-14-26)33(22-11-15-29(27(37)17-22)43-19-24-5-1-3-7-31(24)45-34(39)40)23-12-16-30(28(38)18-23)44-20-25-6-2-4-8-32(25)46-35(41)42/h1-20,33-35H. The van der Waals surface area contributed by atoms with Crippen molar-refractivity contribution in [3.63, 3.8) is 0 Å². The molecule has 234 valence electrons. The maximum Gasteiger partial charge on any atom is 0.387 e. The molecule has 0 atom stereocenters. The lowest BCUT2D eigenvalue weighted by atomic mass is 9.85. The van der Waals surface area contributed by atoms with Gasteiger partial charge in [-0.1, -0.05) is 87.7 Å². The summed E-state index contributed by atoms with van der Waals surface area (Å²) in [6.07, 6.45) is 2.84. The predicted molar refractivity (Wildman–Crippen MR) is 179 cm³/mol. The third-order valence-corrected chi connectivity index (χ3v) is 7.90. The normalized spacial score (nSPS) is 12.4. The van der Waals surface area contributed by atoms with Crippen LogP contribution in [0.4, 0.5) is 28.9 Å². The van der Waals surface area contributed by atoms with Gasteiger partial charge in [0.2, 0.25) is 0 Å². The van der Waals surface area contributed by atoms with E-state index in [9.17, 15) is 17.6 Å². The molecule has 0 saturated carbocycles. The van der Waals surface area contributed by atoms with Gasteiger partial charge in [0.1, 0.15) is 11.5 Å². The molecule has 0 spiro atoms. The summed E-state index contributed by atoms with van der Waals surface area (Å²) in [6, 6.07) is 31.3. The van der Waals surface area contributed by atoms with Crippen LogP contribution in [0.1, 0.15) is 33.7 Å². The van der Waals surface area contributed by atoms with Gasteiger partial charge in [0.15, 0.2) is 0 Å². The van der Waals surface area contributed by atoms with Crippen molar-refractivity contribution in [3.05, 3.63) is 152 Å². The summed E-state index contributed by atoms with van der Waals surface area (Å²) in [7, 11) is 0. The topological polar surface area (TPSA) is 43.2 Å². The van der Waals surface area contributed by atoms with E-state index < -0.39 is 13.2 Å². The first kappa shape index (κ1) is 33.2. The molecule has 5 aromatic rings. The predicted octanol–water partition coefficient (Wildman–Crippen LogP) is 11.6. The summed E-state index contributed by atoms with van der Waals surface area (Å²) < 4.78 is 61.4. The highest BCUT2D eigenvalue weighted by Crippen LogP contribution is 2.39. The average molecular weight is 730 g/mol. The molecule has 0 aliphatic heterocycles. The van der Waals surface area contributed by atoms with Crippen LogP contribution in [0.2, 0.25) is 10.0 Å². The van der Waals surface area contributed by atoms with Gasteiger partial charge in [-0.3, -0.25) is 9.98 Å². The Morgan fingerprint density at radius 1 is 0.565 bits per heavy atom. The van der Waals surface area contributed by atoms with Crippen LogP contribution in [0.5, 0.6) is 11.5 Å². The number of alkyl halides is 4. The van der Waals surface area contributed by atoms with Gasteiger partial charge in [0, 0.05) is 33.9 Å². The minimum absolute atomic E-state index is 0.000319. The molecule has 0 bridgehead atoms. The Labute approximate surface area is 281 Å². The number of nitrogens with zero attached hydrogens (tertiary/aromatic N) is 2. The molecule has 5 rings (SSSR count). The lowest BCUT2D eigenvalue weighted by Crippen LogP contribution is -2.04. The summed E-state index contributed by atoms with van der Waals surface area (Å²) in [5.74, 6) is -0.293. The van der Waals surface area contributed by atoms with Gasteiger partial charge in [0.25, 0.3) is 0 Å². The Kier molecular flexibility index (Phi) is 11.1. The molecule has 0 fully saturated rings. The maximum atomic E-state index is 12.8. The Morgan fingerprint density at radius 2 is 0.978 bits per heavy atom. The van der Waals surface area contributed by atoms with Crippen molar-refractivity contribution in [2.75, 3.05) is 0 Å². The zero-order valence-electron chi connectivity index (χ0n) is 23.6. The zero-order valence-corrected chi connectivity index (χ0v) is 26.7. The summed E-state index contributed by atoms with van der Waals surface area (Å²) in [4.78, 5) is 8.84. The van der Waals surface area contributed by atoms with E-state index in [0.717, 1.165) is 21.2 Å². The molecule has 46 heavy (non-hydrogen) atoms. The number of rotatable bonds is 11. The summed E-state index contributed by atoms with van der Waals surface area (Å²) in [6.45, 7) is -5.93. The molecule has 0 aromatic heterocycles. The van der Waals surface area contributed by atoms with Crippen molar-refractivity contribution in [1.82, 2.24) is 0 Å². The second kappa shape index (κ2) is 15.4. The number of hydrogen-bond acceptors (Lipinski definition) is 4. The molecular weight excluding hydrogens is 707 g/mol. The molecule has 0 saturated heterocycles. The van der Waals surface area contributed by atoms with E-state index in [4.69, 9.17) is 23.2 Å². The monoisotopic (exact) mass is 728 g/mol. The van der Waals surface area contributed by atoms with Crippen LogP contribution < -0.4 is 9.47 Å². The van der Waals surface area contributed by atoms with Crippen LogP contribution >= 0.6 is 39.1 Å². The van der Waals surface area contributed by atoms with Gasteiger partial charge >= 0.3 is 13.2 Å². The van der Waals surface area contributed by atoms with Gasteiger partial charge in [-0.25, -0.2) is 0 Å². The minimum atomic E-state index is -2.97. The van der Waals surface area contributed by atoms with Crippen LogP contribution in [0, 0.1) is 0 Å². The first-order valence-electron chi connectivity index (χ1n) is 13.7. The first-order chi connectivity index (χ1) is 22.2. The number of ether oxygens (including phenoxy) is 2. The molecule has 4 nitrogen and oxygen atoms in total. The third-order valence-electron chi connectivity index (χ3n) is 6.77. The van der Waals surface area contributed by atoms with Gasteiger partial charge in [0.05, 0.1) is 21.4 Å². The zero-order chi connectivity index (χ0) is 32.6. The van der Waals surface area contributed by atoms with Crippen molar-refractivity contribution in [3.8, 4) is 11.5 Å². The molecule has 11 heteroatoms. The fraction of sp³-hybridized carbons (Fsp3) is 0.0857. The second-order valence-electron chi connectivity index (χ2n) is 9.76. The van der Waals surface area contributed by atoms with Crippen LogP contribution in [0.15, 0.2) is 124 Å². The SMILES string of the molecule is FC(F)Oc1ccccc1C=Nc1ccc(C(c2ccc(Br)cc2)c2ccc(N=Cc3ccccc3OC(F)F)c(Cl)c2)cc1Cl. The van der Waals surface area contributed by atoms with Crippen molar-refractivity contribution in [2.45, 2.75) is 19.1 Å². The lowest BCUT2D eigenvalue weighted by molar-refractivity contribution is -0.0506. The van der Waals surface area contributed by atoms with E-state index in [2.05, 4.69) is 35.4 Å². The highest BCUT2D eigenvalue weighted by molar-refractivity contribution is 9.10. The summed E-state index contributed by atoms with van der Waals surface area (Å²) >= 11 is 16.9. The number of hydrogen-bond donors (Lipinski definition) is 0. The Morgan fingerprint density at radius 3 is 1.39 bits per heavy atom. The highest BCUT2D eigenvalue weighted by atomic mass is 79.9. The first-order valence-corrected chi connectivity index (χ1v) is 15.2. The molecular formula is C35H23BrCl2F4N2O2. The molecule has 0 radical (unpaired) electrons. The molecule has 0 aliphatic carbocycles. The molecule has 0 unspecified atom stereocenters. The largest absolute Gasteiger partial charge is 0.434 e. The van der Waals surface area contributed by atoms with E-state index in [1.165, 1.54) is 24.6 Å². The second-order valence-corrected chi connectivity index (χ2v) is 11.5. The van der Waals surface area contributed by atoms with E-state index >= 15 is 0 Å². The minimum Gasteiger partial charge on any atom is -0.434 e. The number of para-hydroxylation sites is 2. The third kappa shape index (κ3) is 8.54. The van der Waals surface area contributed by atoms with Crippen LogP contribution in [0.25, 0.3) is 0 Å². The Hall–Kier alpha value is -4.18. The fourth-order valence-corrected chi connectivity index (χ4v) is 5.45. The average Bonchev–Trinajstić information content (AvgIpc) is 3.02. The van der Waals surface area contributed by atoms with Crippen LogP contribution in [-0.2, 0) is 0 Å². The van der Waals surface area contributed by atoms with Crippen molar-refractivity contribution in [1.29, 1.82) is 0 Å². The lowest BCUT2D eigenvalue weighted by Gasteiger charge is -2.20.